The van der Waals surface area contributed by atoms with Crippen LogP contribution in [-0.4, -0.2) is 59.6 Å². The number of carbonyl (C=O) groups excluding carboxylic acids is 1. The lowest BCUT2D eigenvalue weighted by Crippen LogP contribution is -2.76. The summed E-state index contributed by atoms with van der Waals surface area (Å²) in [5.41, 5.74) is 6.81. The number of likely N-dealkylation sites (tertiary alicyclic amines) is 1. The van der Waals surface area contributed by atoms with Gasteiger partial charge in [-0.1, -0.05) is 44.2 Å². The van der Waals surface area contributed by atoms with Crippen molar-refractivity contribution < 1.29 is 9.53 Å². The number of ether oxygens (including phenoxy) is 1. The quantitative estimate of drug-likeness (QED) is 0.700. The maximum absolute atomic E-state index is 13.3. The minimum atomic E-state index is -0.827. The highest BCUT2D eigenvalue weighted by Gasteiger charge is 2.63. The van der Waals surface area contributed by atoms with E-state index in [0.29, 0.717) is 19.1 Å². The van der Waals surface area contributed by atoms with Crippen molar-refractivity contribution in [2.45, 2.75) is 77.2 Å². The molecule has 1 aliphatic heterocycles. The van der Waals surface area contributed by atoms with Gasteiger partial charge in [-0.2, -0.15) is 0 Å². The molecule has 0 radical (unpaired) electrons. The van der Waals surface area contributed by atoms with Gasteiger partial charge < -0.3 is 15.4 Å². The second-order valence-corrected chi connectivity index (χ2v) is 9.24. The molecular formula is C23H39Cl2N3O2. The Kier molecular flexibility index (Phi) is 9.65. The summed E-state index contributed by atoms with van der Waals surface area (Å²) in [5, 5.41) is 0. The van der Waals surface area contributed by atoms with Crippen LogP contribution in [0.15, 0.2) is 30.3 Å². The molecule has 1 saturated carbocycles. The van der Waals surface area contributed by atoms with Crippen molar-refractivity contribution in [2.24, 2.45) is 11.1 Å². The zero-order valence-electron chi connectivity index (χ0n) is 19.0. The van der Waals surface area contributed by atoms with E-state index in [-0.39, 0.29) is 48.3 Å². The molecule has 7 heteroatoms. The minimum Gasteiger partial charge on any atom is -0.378 e. The van der Waals surface area contributed by atoms with Crippen molar-refractivity contribution >= 4 is 30.7 Å². The van der Waals surface area contributed by atoms with Gasteiger partial charge in [0.2, 0.25) is 5.91 Å². The van der Waals surface area contributed by atoms with Crippen molar-refractivity contribution in [1.82, 2.24) is 9.80 Å². The molecule has 4 unspecified atom stereocenters. The number of nitrogens with zero attached hydrogens (tertiary/aromatic N) is 2. The third kappa shape index (κ3) is 4.97. The molecular weight excluding hydrogens is 421 g/mol. The highest BCUT2D eigenvalue weighted by atomic mass is 35.5. The third-order valence-corrected chi connectivity index (χ3v) is 7.29. The van der Waals surface area contributed by atoms with Gasteiger partial charge in [0, 0.05) is 50.7 Å². The fourth-order valence-electron chi connectivity index (χ4n) is 4.88. The number of halogens is 2. The topological polar surface area (TPSA) is 58.8 Å². The third-order valence-electron chi connectivity index (χ3n) is 7.29. The van der Waals surface area contributed by atoms with Gasteiger partial charge >= 0.3 is 0 Å². The highest BCUT2D eigenvalue weighted by Crippen LogP contribution is 2.50. The summed E-state index contributed by atoms with van der Waals surface area (Å²) in [6.45, 7) is 11.0. The van der Waals surface area contributed by atoms with Gasteiger partial charge in [0.25, 0.3) is 0 Å². The molecule has 1 aliphatic carbocycles. The summed E-state index contributed by atoms with van der Waals surface area (Å²) in [7, 11) is 1.94. The lowest BCUT2D eigenvalue weighted by atomic mass is 9.54. The van der Waals surface area contributed by atoms with Crippen LogP contribution in [0.25, 0.3) is 0 Å². The Morgan fingerprint density at radius 1 is 1.27 bits per heavy atom. The summed E-state index contributed by atoms with van der Waals surface area (Å²) in [5.74, 6) is 0.0714. The van der Waals surface area contributed by atoms with Crippen LogP contribution in [0, 0.1) is 5.41 Å². The molecule has 1 amide bonds. The second kappa shape index (κ2) is 10.6. The smallest absolute Gasteiger partial charge is 0.243 e. The number of carbonyl (C=O) groups is 1. The van der Waals surface area contributed by atoms with E-state index < -0.39 is 5.54 Å². The van der Waals surface area contributed by atoms with Gasteiger partial charge in [0.1, 0.15) is 5.54 Å². The van der Waals surface area contributed by atoms with Gasteiger partial charge in [-0.3, -0.25) is 9.69 Å². The Bertz CT molecular complexity index is 688. The maximum atomic E-state index is 13.3. The predicted molar refractivity (Wildman–Crippen MR) is 127 cm³/mol. The Morgan fingerprint density at radius 2 is 1.90 bits per heavy atom. The molecule has 0 aromatic heterocycles. The molecule has 2 fully saturated rings. The Hall–Kier alpha value is -0.850. The monoisotopic (exact) mass is 459 g/mol. The molecule has 3 rings (SSSR count). The van der Waals surface area contributed by atoms with Crippen molar-refractivity contribution in [3.63, 3.8) is 0 Å². The Labute approximate surface area is 194 Å². The van der Waals surface area contributed by atoms with Crippen LogP contribution < -0.4 is 5.73 Å². The molecule has 1 aromatic carbocycles. The Morgan fingerprint density at radius 3 is 2.43 bits per heavy atom. The number of likely N-dealkylation sites (N-methyl/N-ethyl adjacent to an activating group) is 1. The number of rotatable bonds is 6. The van der Waals surface area contributed by atoms with Crippen LogP contribution in [0.1, 0.15) is 52.5 Å². The van der Waals surface area contributed by atoms with Crippen LogP contribution >= 0.6 is 24.8 Å². The number of piperidine rings is 1. The van der Waals surface area contributed by atoms with E-state index in [9.17, 15) is 4.79 Å². The molecule has 5 nitrogen and oxygen atoms in total. The minimum absolute atomic E-state index is 0. The van der Waals surface area contributed by atoms with Crippen LogP contribution in [0.3, 0.4) is 0 Å². The van der Waals surface area contributed by atoms with E-state index in [4.69, 9.17) is 10.5 Å². The lowest BCUT2D eigenvalue weighted by Gasteiger charge is -2.59. The van der Waals surface area contributed by atoms with Gasteiger partial charge in [-0.05, 0) is 32.3 Å². The van der Waals surface area contributed by atoms with Crippen LogP contribution in [0.2, 0.25) is 0 Å². The summed E-state index contributed by atoms with van der Waals surface area (Å²) in [6, 6.07) is 11.3. The first-order valence-electron chi connectivity index (χ1n) is 10.7. The zero-order chi connectivity index (χ0) is 20.5. The molecule has 2 aliphatic rings. The van der Waals surface area contributed by atoms with Crippen molar-refractivity contribution in [3.05, 3.63) is 35.9 Å². The average molecular weight is 460 g/mol. The van der Waals surface area contributed by atoms with Gasteiger partial charge in [0.05, 0.1) is 6.10 Å². The number of hydrogen-bond donors (Lipinski definition) is 1. The summed E-state index contributed by atoms with van der Waals surface area (Å²) >= 11 is 0. The first-order chi connectivity index (χ1) is 13.2. The van der Waals surface area contributed by atoms with Crippen LogP contribution in [0.5, 0.6) is 0 Å². The van der Waals surface area contributed by atoms with Gasteiger partial charge in [0.15, 0.2) is 0 Å². The molecule has 1 heterocycles. The number of nitrogens with two attached hydrogens (primary N) is 1. The molecule has 4 atom stereocenters. The average Bonchev–Trinajstić information content (AvgIpc) is 2.68. The van der Waals surface area contributed by atoms with Crippen molar-refractivity contribution in [1.29, 1.82) is 0 Å². The zero-order valence-corrected chi connectivity index (χ0v) is 20.6. The molecule has 172 valence electrons. The van der Waals surface area contributed by atoms with E-state index in [1.54, 1.807) is 0 Å². The SMILES string of the molecule is CCOC1CC(N)(C(=O)N(C)C2CCN(Cc3ccccc3)C(C)C2)C1(C)C.Cl.Cl. The molecule has 1 aromatic rings. The van der Waals surface area contributed by atoms with Gasteiger partial charge in [-0.25, -0.2) is 0 Å². The van der Waals surface area contributed by atoms with E-state index in [0.717, 1.165) is 25.9 Å². The number of benzene rings is 1. The molecule has 30 heavy (non-hydrogen) atoms. The normalized spacial score (nSPS) is 30.4. The Balaban J connectivity index is 0.00000225. The summed E-state index contributed by atoms with van der Waals surface area (Å²) in [4.78, 5) is 17.8. The molecule has 1 saturated heterocycles. The maximum Gasteiger partial charge on any atom is 0.243 e. The van der Waals surface area contributed by atoms with Crippen LogP contribution in [-0.2, 0) is 16.1 Å². The van der Waals surface area contributed by atoms with E-state index in [1.165, 1.54) is 5.56 Å². The molecule has 2 N–H and O–H groups in total. The van der Waals surface area contributed by atoms with Crippen molar-refractivity contribution in [3.8, 4) is 0 Å². The lowest BCUT2D eigenvalue weighted by molar-refractivity contribution is -0.180. The van der Waals surface area contributed by atoms with E-state index in [2.05, 4.69) is 56.0 Å². The van der Waals surface area contributed by atoms with Crippen LogP contribution in [0.4, 0.5) is 0 Å². The molecule has 0 spiro atoms. The molecule has 0 bridgehead atoms. The predicted octanol–water partition coefficient (Wildman–Crippen LogP) is 3.87. The summed E-state index contributed by atoms with van der Waals surface area (Å²) < 4.78 is 5.79. The first-order valence-corrected chi connectivity index (χ1v) is 10.7. The second-order valence-electron chi connectivity index (χ2n) is 9.24. The number of amides is 1. The number of hydrogen-bond acceptors (Lipinski definition) is 4. The first kappa shape index (κ1) is 27.2. The fraction of sp³-hybridized carbons (Fsp3) is 0.696. The van der Waals surface area contributed by atoms with Gasteiger partial charge in [-0.15, -0.1) is 24.8 Å². The largest absolute Gasteiger partial charge is 0.378 e. The van der Waals surface area contributed by atoms with E-state index in [1.807, 2.05) is 18.9 Å². The van der Waals surface area contributed by atoms with Crippen molar-refractivity contribution in [2.75, 3.05) is 20.2 Å². The summed E-state index contributed by atoms with van der Waals surface area (Å²) in [6.07, 6.45) is 2.65. The standard InChI is InChI=1S/C23H37N3O2.2ClH/c1-6-28-20-15-23(24,22(20,3)4)21(27)25(5)19-12-13-26(17(2)14-19)16-18-10-8-7-9-11-18;;/h7-11,17,19-20H,6,12-16,24H2,1-5H3;2*1H. The van der Waals surface area contributed by atoms with E-state index >= 15 is 0 Å². The fourth-order valence-corrected chi connectivity index (χ4v) is 4.88. The highest BCUT2D eigenvalue weighted by molar-refractivity contribution is 5.89.